The third-order valence-electron chi connectivity index (χ3n) is 3.59. The third-order valence-corrected chi connectivity index (χ3v) is 3.59. The minimum atomic E-state index is 0.0266. The van der Waals surface area contributed by atoms with Gasteiger partial charge in [-0.25, -0.2) is 0 Å². The quantitative estimate of drug-likeness (QED) is 0.636. The molecular formula is C14H28O2. The SMILES string of the molecule is CCCCCC[C@H]1CCC[C@H](C)[C@H](OC)O1. The molecule has 1 saturated heterocycles. The van der Waals surface area contributed by atoms with Gasteiger partial charge in [0.05, 0.1) is 6.10 Å². The second-order valence-corrected chi connectivity index (χ2v) is 5.12. The van der Waals surface area contributed by atoms with E-state index in [1.54, 1.807) is 7.11 Å². The molecule has 0 spiro atoms. The van der Waals surface area contributed by atoms with E-state index in [1.807, 2.05) is 0 Å². The Morgan fingerprint density at radius 1 is 1.19 bits per heavy atom. The van der Waals surface area contributed by atoms with Crippen LogP contribution in [0.1, 0.15) is 65.2 Å². The van der Waals surface area contributed by atoms with Gasteiger partial charge in [0.15, 0.2) is 6.29 Å². The van der Waals surface area contributed by atoms with E-state index < -0.39 is 0 Å². The summed E-state index contributed by atoms with van der Waals surface area (Å²) in [6, 6.07) is 0. The largest absolute Gasteiger partial charge is 0.356 e. The van der Waals surface area contributed by atoms with Gasteiger partial charge in [-0.2, -0.15) is 0 Å². The van der Waals surface area contributed by atoms with Gasteiger partial charge >= 0.3 is 0 Å². The molecule has 0 aromatic rings. The van der Waals surface area contributed by atoms with Gasteiger partial charge in [-0.15, -0.1) is 0 Å². The first-order chi connectivity index (χ1) is 7.77. The molecule has 0 saturated carbocycles. The maximum atomic E-state index is 6.03. The fraction of sp³-hybridized carbons (Fsp3) is 1.00. The normalized spacial score (nSPS) is 31.3. The maximum Gasteiger partial charge on any atom is 0.160 e. The molecule has 1 aliphatic rings. The van der Waals surface area contributed by atoms with Gasteiger partial charge in [0.2, 0.25) is 0 Å². The van der Waals surface area contributed by atoms with Crippen molar-refractivity contribution in [2.24, 2.45) is 5.92 Å². The zero-order valence-electron chi connectivity index (χ0n) is 11.2. The van der Waals surface area contributed by atoms with E-state index in [0.29, 0.717) is 12.0 Å². The Labute approximate surface area is 101 Å². The molecule has 0 radical (unpaired) electrons. The molecule has 3 atom stereocenters. The zero-order chi connectivity index (χ0) is 11.8. The van der Waals surface area contributed by atoms with Crippen LogP contribution < -0.4 is 0 Å². The van der Waals surface area contributed by atoms with Gasteiger partial charge < -0.3 is 9.47 Å². The van der Waals surface area contributed by atoms with Gasteiger partial charge in [-0.05, 0) is 19.3 Å². The first-order valence-corrected chi connectivity index (χ1v) is 6.96. The number of hydrogen-bond acceptors (Lipinski definition) is 2. The molecule has 1 heterocycles. The summed E-state index contributed by atoms with van der Waals surface area (Å²) in [5.41, 5.74) is 0. The van der Waals surface area contributed by atoms with E-state index in [-0.39, 0.29) is 6.29 Å². The smallest absolute Gasteiger partial charge is 0.160 e. The Morgan fingerprint density at radius 2 is 2.00 bits per heavy atom. The number of unbranched alkanes of at least 4 members (excludes halogenated alkanes) is 3. The molecule has 2 nitrogen and oxygen atoms in total. The lowest BCUT2D eigenvalue weighted by Crippen LogP contribution is -2.26. The Morgan fingerprint density at radius 3 is 2.69 bits per heavy atom. The molecular weight excluding hydrogens is 200 g/mol. The summed E-state index contributed by atoms with van der Waals surface area (Å²) in [7, 11) is 1.76. The summed E-state index contributed by atoms with van der Waals surface area (Å²) < 4.78 is 11.4. The van der Waals surface area contributed by atoms with Crippen molar-refractivity contribution in [3.05, 3.63) is 0 Å². The van der Waals surface area contributed by atoms with E-state index in [0.717, 1.165) is 0 Å². The van der Waals surface area contributed by atoms with Crippen molar-refractivity contribution < 1.29 is 9.47 Å². The van der Waals surface area contributed by atoms with Crippen LogP contribution in [0.2, 0.25) is 0 Å². The molecule has 16 heavy (non-hydrogen) atoms. The van der Waals surface area contributed by atoms with Crippen LogP contribution in [0.25, 0.3) is 0 Å². The summed E-state index contributed by atoms with van der Waals surface area (Å²) in [5, 5.41) is 0. The predicted molar refractivity (Wildman–Crippen MR) is 67.4 cm³/mol. The summed E-state index contributed by atoms with van der Waals surface area (Å²) in [4.78, 5) is 0. The topological polar surface area (TPSA) is 18.5 Å². The number of hydrogen-bond donors (Lipinski definition) is 0. The molecule has 0 N–H and O–H groups in total. The molecule has 0 bridgehead atoms. The molecule has 96 valence electrons. The molecule has 0 unspecified atom stereocenters. The van der Waals surface area contributed by atoms with Gasteiger partial charge in [0.25, 0.3) is 0 Å². The Balaban J connectivity index is 2.24. The second-order valence-electron chi connectivity index (χ2n) is 5.12. The molecule has 1 rings (SSSR count). The Kier molecular flexibility index (Phi) is 7.06. The fourth-order valence-electron chi connectivity index (χ4n) is 2.49. The number of ether oxygens (including phenoxy) is 2. The highest BCUT2D eigenvalue weighted by molar-refractivity contribution is 4.69. The Hall–Kier alpha value is -0.0800. The monoisotopic (exact) mass is 228 g/mol. The highest BCUT2D eigenvalue weighted by Crippen LogP contribution is 2.26. The average Bonchev–Trinajstić information content (AvgIpc) is 2.47. The molecule has 1 aliphatic heterocycles. The van der Waals surface area contributed by atoms with Crippen LogP contribution >= 0.6 is 0 Å². The molecule has 0 amide bonds. The first-order valence-electron chi connectivity index (χ1n) is 6.96. The van der Waals surface area contributed by atoms with Crippen LogP contribution in [-0.4, -0.2) is 19.5 Å². The van der Waals surface area contributed by atoms with Crippen LogP contribution in [-0.2, 0) is 9.47 Å². The molecule has 1 fully saturated rings. The van der Waals surface area contributed by atoms with Gasteiger partial charge in [0.1, 0.15) is 0 Å². The van der Waals surface area contributed by atoms with Gasteiger partial charge in [-0.1, -0.05) is 46.0 Å². The van der Waals surface area contributed by atoms with E-state index in [1.165, 1.54) is 51.4 Å². The molecule has 0 aliphatic carbocycles. The standard InChI is InChI=1S/C14H28O2/c1-4-5-6-7-10-13-11-8-9-12(2)14(15-3)16-13/h12-14H,4-11H2,1-3H3/t12-,13-,14+/m0/s1. The van der Waals surface area contributed by atoms with Crippen molar-refractivity contribution in [2.45, 2.75) is 77.6 Å². The fourth-order valence-corrected chi connectivity index (χ4v) is 2.49. The van der Waals surface area contributed by atoms with Crippen molar-refractivity contribution >= 4 is 0 Å². The van der Waals surface area contributed by atoms with Crippen molar-refractivity contribution in [3.63, 3.8) is 0 Å². The van der Waals surface area contributed by atoms with Crippen LogP contribution in [0.15, 0.2) is 0 Å². The van der Waals surface area contributed by atoms with Crippen LogP contribution in [0, 0.1) is 5.92 Å². The third kappa shape index (κ3) is 4.84. The number of rotatable bonds is 6. The lowest BCUT2D eigenvalue weighted by atomic mass is 10.0. The first kappa shape index (κ1) is 14.0. The predicted octanol–water partition coefficient (Wildman–Crippen LogP) is 4.13. The van der Waals surface area contributed by atoms with Crippen molar-refractivity contribution in [1.29, 1.82) is 0 Å². The highest BCUT2D eigenvalue weighted by Gasteiger charge is 2.25. The van der Waals surface area contributed by atoms with Crippen LogP contribution in [0.3, 0.4) is 0 Å². The summed E-state index contributed by atoms with van der Waals surface area (Å²) in [6.45, 7) is 4.48. The second kappa shape index (κ2) is 8.08. The molecule has 0 aromatic heterocycles. The number of methoxy groups -OCH3 is 1. The summed E-state index contributed by atoms with van der Waals surface area (Å²) in [5.74, 6) is 0.547. The zero-order valence-corrected chi connectivity index (χ0v) is 11.2. The van der Waals surface area contributed by atoms with Gasteiger partial charge in [0, 0.05) is 13.0 Å². The van der Waals surface area contributed by atoms with Crippen LogP contribution in [0.5, 0.6) is 0 Å². The maximum absolute atomic E-state index is 6.03. The Bertz CT molecular complexity index is 170. The molecule has 0 aromatic carbocycles. The van der Waals surface area contributed by atoms with Crippen molar-refractivity contribution in [2.75, 3.05) is 7.11 Å². The van der Waals surface area contributed by atoms with Crippen molar-refractivity contribution in [3.8, 4) is 0 Å². The average molecular weight is 228 g/mol. The van der Waals surface area contributed by atoms with E-state index >= 15 is 0 Å². The van der Waals surface area contributed by atoms with E-state index in [2.05, 4.69) is 13.8 Å². The lowest BCUT2D eigenvalue weighted by Gasteiger charge is -2.23. The lowest BCUT2D eigenvalue weighted by molar-refractivity contribution is -0.174. The minimum Gasteiger partial charge on any atom is -0.356 e. The molecule has 2 heteroatoms. The summed E-state index contributed by atoms with van der Waals surface area (Å²) in [6.07, 6.45) is 10.8. The van der Waals surface area contributed by atoms with Crippen molar-refractivity contribution in [1.82, 2.24) is 0 Å². The van der Waals surface area contributed by atoms with E-state index in [4.69, 9.17) is 9.47 Å². The minimum absolute atomic E-state index is 0.0266. The van der Waals surface area contributed by atoms with E-state index in [9.17, 15) is 0 Å². The van der Waals surface area contributed by atoms with Crippen LogP contribution in [0.4, 0.5) is 0 Å². The van der Waals surface area contributed by atoms with Gasteiger partial charge in [-0.3, -0.25) is 0 Å². The summed E-state index contributed by atoms with van der Waals surface area (Å²) >= 11 is 0. The highest BCUT2D eigenvalue weighted by atomic mass is 16.7.